The van der Waals surface area contributed by atoms with Gasteiger partial charge < -0.3 is 16.6 Å². The minimum atomic E-state index is -0.750. The normalized spacial score (nSPS) is 15.0. The van der Waals surface area contributed by atoms with Gasteiger partial charge in [-0.15, -0.1) is 0 Å². The number of rotatable bonds is 10. The fourth-order valence-electron chi connectivity index (χ4n) is 2.61. The van der Waals surface area contributed by atoms with Crippen molar-refractivity contribution in [3.05, 3.63) is 42.3 Å². The molecule has 1 unspecified atom stereocenters. The van der Waals surface area contributed by atoms with E-state index in [1.54, 1.807) is 6.42 Å². The molecule has 1 radical (unpaired) electrons. The summed E-state index contributed by atoms with van der Waals surface area (Å²) in [5.74, 6) is -1.74. The summed E-state index contributed by atoms with van der Waals surface area (Å²) in [5.41, 5.74) is 11.7. The highest BCUT2D eigenvalue weighted by molar-refractivity contribution is 5.79. The molecule has 1 aromatic rings. The van der Waals surface area contributed by atoms with E-state index in [4.69, 9.17) is 11.5 Å². The van der Waals surface area contributed by atoms with Gasteiger partial charge in [0.25, 0.3) is 0 Å². The number of nitrogens with two attached hydrogens (primary N) is 2. The number of amides is 2. The van der Waals surface area contributed by atoms with Crippen molar-refractivity contribution < 1.29 is 14.7 Å². The van der Waals surface area contributed by atoms with Gasteiger partial charge in [0.05, 0.1) is 6.10 Å². The smallest absolute Gasteiger partial charge is 0.220 e. The van der Waals surface area contributed by atoms with Crippen molar-refractivity contribution >= 4 is 11.8 Å². The van der Waals surface area contributed by atoms with Gasteiger partial charge in [0, 0.05) is 12.3 Å². The van der Waals surface area contributed by atoms with Gasteiger partial charge in [0.2, 0.25) is 11.8 Å². The summed E-state index contributed by atoms with van der Waals surface area (Å²) in [4.78, 5) is 22.7. The van der Waals surface area contributed by atoms with E-state index in [2.05, 4.69) is 0 Å². The Morgan fingerprint density at radius 1 is 1.23 bits per heavy atom. The summed E-state index contributed by atoms with van der Waals surface area (Å²) in [6, 6.07) is 9.73. The summed E-state index contributed by atoms with van der Waals surface area (Å²) in [5, 5.41) is 10.1. The predicted molar refractivity (Wildman–Crippen MR) is 85.3 cm³/mol. The fourth-order valence-corrected chi connectivity index (χ4v) is 2.61. The SMILES string of the molecule is CCC(CC(N)=O)[C@@H](C[C@@H](O)[CH]Cc1ccccc1)C(N)=O. The molecular formula is C17H25N2O3. The number of carbonyl (C=O) groups is 2. The zero-order chi connectivity index (χ0) is 16.5. The average molecular weight is 305 g/mol. The number of hydrogen-bond donors (Lipinski definition) is 3. The maximum absolute atomic E-state index is 11.6. The van der Waals surface area contributed by atoms with Gasteiger partial charge in [-0.05, 0) is 30.7 Å². The first-order valence-corrected chi connectivity index (χ1v) is 7.57. The van der Waals surface area contributed by atoms with Gasteiger partial charge in [-0.25, -0.2) is 0 Å². The van der Waals surface area contributed by atoms with Crippen LogP contribution in [0.15, 0.2) is 30.3 Å². The number of primary amides is 2. The summed E-state index contributed by atoms with van der Waals surface area (Å²) in [7, 11) is 0. The van der Waals surface area contributed by atoms with Crippen LogP contribution in [-0.4, -0.2) is 23.0 Å². The molecule has 0 spiro atoms. The summed E-state index contributed by atoms with van der Waals surface area (Å²) in [6.07, 6.45) is 2.55. The van der Waals surface area contributed by atoms with Crippen molar-refractivity contribution in [1.82, 2.24) is 0 Å². The lowest BCUT2D eigenvalue weighted by Crippen LogP contribution is -2.35. The molecule has 0 bridgehead atoms. The van der Waals surface area contributed by atoms with Crippen molar-refractivity contribution in [3.8, 4) is 0 Å². The van der Waals surface area contributed by atoms with Gasteiger partial charge >= 0.3 is 0 Å². The molecule has 121 valence electrons. The Hall–Kier alpha value is -1.88. The van der Waals surface area contributed by atoms with Crippen LogP contribution in [0.2, 0.25) is 0 Å². The van der Waals surface area contributed by atoms with Crippen LogP contribution in [0.25, 0.3) is 0 Å². The Bertz CT molecular complexity index is 476. The minimum Gasteiger partial charge on any atom is -0.393 e. The average Bonchev–Trinajstić information content (AvgIpc) is 2.49. The number of aliphatic hydroxyl groups excluding tert-OH is 1. The molecule has 3 atom stereocenters. The molecule has 5 heteroatoms. The molecular weight excluding hydrogens is 280 g/mol. The monoisotopic (exact) mass is 305 g/mol. The van der Waals surface area contributed by atoms with Crippen LogP contribution >= 0.6 is 0 Å². The largest absolute Gasteiger partial charge is 0.393 e. The number of aliphatic hydroxyl groups is 1. The molecule has 0 heterocycles. The summed E-state index contributed by atoms with van der Waals surface area (Å²) >= 11 is 0. The molecule has 0 aliphatic rings. The Kier molecular flexibility index (Phi) is 7.60. The van der Waals surface area contributed by atoms with Crippen molar-refractivity contribution in [2.45, 2.75) is 38.7 Å². The van der Waals surface area contributed by atoms with Gasteiger partial charge in [-0.3, -0.25) is 9.59 Å². The second-order valence-corrected chi connectivity index (χ2v) is 5.58. The third-order valence-corrected chi connectivity index (χ3v) is 3.89. The van der Waals surface area contributed by atoms with Gasteiger partial charge in [0.1, 0.15) is 0 Å². The van der Waals surface area contributed by atoms with Crippen LogP contribution in [0.5, 0.6) is 0 Å². The molecule has 0 aromatic heterocycles. The highest BCUT2D eigenvalue weighted by Gasteiger charge is 2.28. The number of hydrogen-bond acceptors (Lipinski definition) is 3. The third-order valence-electron chi connectivity index (χ3n) is 3.89. The highest BCUT2D eigenvalue weighted by Crippen LogP contribution is 2.25. The van der Waals surface area contributed by atoms with Gasteiger partial charge in [-0.2, -0.15) is 0 Å². The van der Waals surface area contributed by atoms with E-state index in [0.29, 0.717) is 12.8 Å². The molecule has 0 aliphatic heterocycles. The van der Waals surface area contributed by atoms with E-state index in [9.17, 15) is 14.7 Å². The standard InChI is InChI=1S/C17H25N2O3/c1-2-13(10-16(18)21)15(17(19)22)11-14(20)9-8-12-6-4-3-5-7-12/h3-7,9,13-15,20H,2,8,10-11H2,1H3,(H2,18,21)(H2,19,22)/t13?,14-,15+/m0/s1. The number of carbonyl (C=O) groups excluding carboxylic acids is 2. The lowest BCUT2D eigenvalue weighted by Gasteiger charge is -2.24. The first-order valence-electron chi connectivity index (χ1n) is 7.57. The topological polar surface area (TPSA) is 106 Å². The quantitative estimate of drug-likeness (QED) is 0.604. The lowest BCUT2D eigenvalue weighted by molar-refractivity contribution is -0.126. The van der Waals surface area contributed by atoms with Crippen LogP contribution in [0.3, 0.4) is 0 Å². The van der Waals surface area contributed by atoms with E-state index in [1.165, 1.54) is 0 Å². The van der Waals surface area contributed by atoms with Crippen LogP contribution in [0, 0.1) is 18.3 Å². The van der Waals surface area contributed by atoms with E-state index in [0.717, 1.165) is 5.56 Å². The second kappa shape index (κ2) is 9.20. The lowest BCUT2D eigenvalue weighted by atomic mass is 9.82. The van der Waals surface area contributed by atoms with E-state index in [-0.39, 0.29) is 18.8 Å². The zero-order valence-electron chi connectivity index (χ0n) is 12.9. The molecule has 5 nitrogen and oxygen atoms in total. The van der Waals surface area contributed by atoms with E-state index < -0.39 is 23.8 Å². The maximum Gasteiger partial charge on any atom is 0.220 e. The molecule has 2 amide bonds. The van der Waals surface area contributed by atoms with Crippen molar-refractivity contribution in [3.63, 3.8) is 0 Å². The molecule has 1 aromatic carbocycles. The van der Waals surface area contributed by atoms with Crippen LogP contribution in [0.4, 0.5) is 0 Å². The molecule has 0 fully saturated rings. The summed E-state index contributed by atoms with van der Waals surface area (Å²) < 4.78 is 0. The van der Waals surface area contributed by atoms with Gasteiger partial charge in [0.15, 0.2) is 0 Å². The van der Waals surface area contributed by atoms with Crippen LogP contribution in [-0.2, 0) is 16.0 Å². The number of benzene rings is 1. The van der Waals surface area contributed by atoms with E-state index in [1.807, 2.05) is 37.3 Å². The van der Waals surface area contributed by atoms with Crippen molar-refractivity contribution in [2.24, 2.45) is 23.3 Å². The Labute approximate surface area is 131 Å². The highest BCUT2D eigenvalue weighted by atomic mass is 16.3. The molecule has 1 rings (SSSR count). The minimum absolute atomic E-state index is 0.107. The maximum atomic E-state index is 11.6. The zero-order valence-corrected chi connectivity index (χ0v) is 12.9. The van der Waals surface area contributed by atoms with Crippen molar-refractivity contribution in [1.29, 1.82) is 0 Å². The Morgan fingerprint density at radius 2 is 1.86 bits per heavy atom. The van der Waals surface area contributed by atoms with Gasteiger partial charge in [-0.1, -0.05) is 43.7 Å². The van der Waals surface area contributed by atoms with E-state index >= 15 is 0 Å². The third kappa shape index (κ3) is 6.26. The molecule has 0 saturated carbocycles. The van der Waals surface area contributed by atoms with Crippen LogP contribution < -0.4 is 11.5 Å². The Balaban J connectivity index is 2.57. The molecule has 22 heavy (non-hydrogen) atoms. The fraction of sp³-hybridized carbons (Fsp3) is 0.471. The predicted octanol–water partition coefficient (Wildman–Crippen LogP) is 1.19. The summed E-state index contributed by atoms with van der Waals surface area (Å²) in [6.45, 7) is 1.88. The van der Waals surface area contributed by atoms with Crippen molar-refractivity contribution in [2.75, 3.05) is 0 Å². The molecule has 5 N–H and O–H groups in total. The molecule has 0 aliphatic carbocycles. The second-order valence-electron chi connectivity index (χ2n) is 5.58. The Morgan fingerprint density at radius 3 is 2.36 bits per heavy atom. The molecule has 0 saturated heterocycles. The first kappa shape index (κ1) is 18.2. The first-order chi connectivity index (χ1) is 10.4. The van der Waals surface area contributed by atoms with Crippen LogP contribution in [0.1, 0.15) is 31.7 Å².